The van der Waals surface area contributed by atoms with E-state index in [-0.39, 0.29) is 0 Å². The number of nitrogens with zero attached hydrogens (tertiary/aromatic N) is 1. The van der Waals surface area contributed by atoms with Crippen LogP contribution in [-0.2, 0) is 4.74 Å². The monoisotopic (exact) mass is 240 g/mol. The number of hydrogen-bond donors (Lipinski definition) is 1. The van der Waals surface area contributed by atoms with Gasteiger partial charge < -0.3 is 15.0 Å². The van der Waals surface area contributed by atoms with Gasteiger partial charge in [0.2, 0.25) is 0 Å². The van der Waals surface area contributed by atoms with Gasteiger partial charge in [-0.2, -0.15) is 0 Å². The highest BCUT2D eigenvalue weighted by Crippen LogP contribution is 2.24. The number of ether oxygens (including phenoxy) is 1. The van der Waals surface area contributed by atoms with Crippen molar-refractivity contribution in [2.75, 3.05) is 33.9 Å². The van der Waals surface area contributed by atoms with E-state index in [0.29, 0.717) is 0 Å². The topological polar surface area (TPSA) is 24.5 Å². The molecule has 0 aromatic heterocycles. The van der Waals surface area contributed by atoms with Crippen molar-refractivity contribution in [2.24, 2.45) is 5.92 Å². The molecular weight excluding hydrogens is 212 g/mol. The van der Waals surface area contributed by atoms with E-state index in [0.717, 1.165) is 31.2 Å². The van der Waals surface area contributed by atoms with Gasteiger partial charge in [-0.1, -0.05) is 6.42 Å². The van der Waals surface area contributed by atoms with E-state index in [1.54, 1.807) is 0 Å². The van der Waals surface area contributed by atoms with E-state index in [1.165, 1.54) is 45.1 Å². The molecule has 1 saturated heterocycles. The molecule has 1 saturated carbocycles. The predicted octanol–water partition coefficient (Wildman–Crippen LogP) is 1.88. The van der Waals surface area contributed by atoms with Crippen LogP contribution in [0.5, 0.6) is 0 Å². The SMILES string of the molecule is CNC1CCCC(N(C)CC2CCOCC2)C1. The Hall–Kier alpha value is -0.120. The van der Waals surface area contributed by atoms with E-state index in [9.17, 15) is 0 Å². The zero-order valence-corrected chi connectivity index (χ0v) is 11.5. The number of nitrogens with one attached hydrogen (secondary N) is 1. The molecule has 0 aromatic rings. The standard InChI is InChI=1S/C14H28N2O/c1-15-13-4-3-5-14(10-13)16(2)11-12-6-8-17-9-7-12/h12-15H,3-11H2,1-2H3. The third kappa shape index (κ3) is 3.94. The highest BCUT2D eigenvalue weighted by Gasteiger charge is 2.25. The molecule has 100 valence electrons. The van der Waals surface area contributed by atoms with Gasteiger partial charge in [0.25, 0.3) is 0 Å². The minimum Gasteiger partial charge on any atom is -0.381 e. The predicted molar refractivity (Wildman–Crippen MR) is 71.3 cm³/mol. The van der Waals surface area contributed by atoms with Crippen molar-refractivity contribution in [2.45, 2.75) is 50.6 Å². The molecule has 3 nitrogen and oxygen atoms in total. The van der Waals surface area contributed by atoms with Crippen LogP contribution < -0.4 is 5.32 Å². The summed E-state index contributed by atoms with van der Waals surface area (Å²) in [5.74, 6) is 0.865. The maximum Gasteiger partial charge on any atom is 0.0469 e. The van der Waals surface area contributed by atoms with Crippen molar-refractivity contribution in [1.29, 1.82) is 0 Å². The lowest BCUT2D eigenvalue weighted by Crippen LogP contribution is -2.43. The Morgan fingerprint density at radius 3 is 2.65 bits per heavy atom. The Kier molecular flexibility index (Phi) is 5.26. The minimum absolute atomic E-state index is 0.742. The quantitative estimate of drug-likeness (QED) is 0.812. The Morgan fingerprint density at radius 1 is 1.18 bits per heavy atom. The van der Waals surface area contributed by atoms with E-state index in [2.05, 4.69) is 24.3 Å². The lowest BCUT2D eigenvalue weighted by Gasteiger charge is -2.37. The lowest BCUT2D eigenvalue weighted by molar-refractivity contribution is 0.0460. The summed E-state index contributed by atoms with van der Waals surface area (Å²) in [5, 5.41) is 3.45. The van der Waals surface area contributed by atoms with Gasteiger partial charge in [0.05, 0.1) is 0 Å². The summed E-state index contributed by atoms with van der Waals surface area (Å²) in [7, 11) is 4.42. The van der Waals surface area contributed by atoms with Gasteiger partial charge in [0, 0.05) is 31.8 Å². The van der Waals surface area contributed by atoms with E-state index >= 15 is 0 Å². The fraction of sp³-hybridized carbons (Fsp3) is 1.00. The molecule has 3 heteroatoms. The summed E-state index contributed by atoms with van der Waals surface area (Å²) in [6, 6.07) is 1.54. The molecule has 0 amide bonds. The largest absolute Gasteiger partial charge is 0.381 e. The second kappa shape index (κ2) is 6.72. The van der Waals surface area contributed by atoms with Crippen LogP contribution in [0.2, 0.25) is 0 Å². The molecule has 0 spiro atoms. The highest BCUT2D eigenvalue weighted by atomic mass is 16.5. The Labute approximate surface area is 106 Å². The smallest absolute Gasteiger partial charge is 0.0469 e. The maximum absolute atomic E-state index is 5.43. The first-order valence-corrected chi connectivity index (χ1v) is 7.25. The number of hydrogen-bond acceptors (Lipinski definition) is 3. The average molecular weight is 240 g/mol. The lowest BCUT2D eigenvalue weighted by atomic mass is 9.89. The van der Waals surface area contributed by atoms with Crippen molar-refractivity contribution in [3.05, 3.63) is 0 Å². The third-order valence-corrected chi connectivity index (χ3v) is 4.57. The van der Waals surface area contributed by atoms with Crippen LogP contribution >= 0.6 is 0 Å². The van der Waals surface area contributed by atoms with Crippen LogP contribution in [-0.4, -0.2) is 50.8 Å². The molecule has 2 atom stereocenters. The van der Waals surface area contributed by atoms with Crippen LogP contribution in [0, 0.1) is 5.92 Å². The molecule has 0 bridgehead atoms. The molecule has 1 N–H and O–H groups in total. The van der Waals surface area contributed by atoms with Crippen molar-refractivity contribution in [3.8, 4) is 0 Å². The normalized spacial score (nSPS) is 31.9. The molecule has 17 heavy (non-hydrogen) atoms. The van der Waals surface area contributed by atoms with Gasteiger partial charge in [-0.05, 0) is 52.1 Å². The first kappa shape index (κ1) is 13.3. The Balaban J connectivity index is 1.75. The summed E-state index contributed by atoms with van der Waals surface area (Å²) in [6.45, 7) is 3.22. The van der Waals surface area contributed by atoms with E-state index in [1.807, 2.05) is 0 Å². The molecule has 1 aliphatic carbocycles. The van der Waals surface area contributed by atoms with Crippen LogP contribution in [0.15, 0.2) is 0 Å². The van der Waals surface area contributed by atoms with Gasteiger partial charge in [-0.15, -0.1) is 0 Å². The molecule has 1 heterocycles. The fourth-order valence-corrected chi connectivity index (χ4v) is 3.31. The molecule has 2 fully saturated rings. The van der Waals surface area contributed by atoms with Gasteiger partial charge >= 0.3 is 0 Å². The molecular formula is C14H28N2O. The molecule has 0 aromatic carbocycles. The Bertz CT molecular complexity index is 216. The first-order valence-electron chi connectivity index (χ1n) is 7.25. The van der Waals surface area contributed by atoms with Gasteiger partial charge in [-0.25, -0.2) is 0 Å². The van der Waals surface area contributed by atoms with Crippen LogP contribution in [0.25, 0.3) is 0 Å². The molecule has 2 aliphatic rings. The second-order valence-corrected chi connectivity index (χ2v) is 5.80. The summed E-state index contributed by atoms with van der Waals surface area (Å²) >= 11 is 0. The summed E-state index contributed by atoms with van der Waals surface area (Å²) in [6.07, 6.45) is 7.97. The van der Waals surface area contributed by atoms with Crippen molar-refractivity contribution in [1.82, 2.24) is 10.2 Å². The van der Waals surface area contributed by atoms with Gasteiger partial charge in [0.15, 0.2) is 0 Å². The van der Waals surface area contributed by atoms with Crippen molar-refractivity contribution in [3.63, 3.8) is 0 Å². The Morgan fingerprint density at radius 2 is 1.94 bits per heavy atom. The van der Waals surface area contributed by atoms with Crippen LogP contribution in [0.3, 0.4) is 0 Å². The molecule has 1 aliphatic heterocycles. The molecule has 2 unspecified atom stereocenters. The molecule has 0 radical (unpaired) electrons. The zero-order valence-electron chi connectivity index (χ0n) is 11.5. The van der Waals surface area contributed by atoms with Gasteiger partial charge in [-0.3, -0.25) is 0 Å². The first-order chi connectivity index (χ1) is 8.29. The third-order valence-electron chi connectivity index (χ3n) is 4.57. The average Bonchev–Trinajstić information content (AvgIpc) is 2.40. The van der Waals surface area contributed by atoms with E-state index < -0.39 is 0 Å². The fourth-order valence-electron chi connectivity index (χ4n) is 3.31. The second-order valence-electron chi connectivity index (χ2n) is 5.80. The van der Waals surface area contributed by atoms with Crippen LogP contribution in [0.1, 0.15) is 38.5 Å². The number of rotatable bonds is 4. The summed E-state index contributed by atoms with van der Waals surface area (Å²) < 4.78 is 5.43. The maximum atomic E-state index is 5.43. The van der Waals surface area contributed by atoms with Gasteiger partial charge in [0.1, 0.15) is 0 Å². The summed E-state index contributed by atoms with van der Waals surface area (Å²) in [5.41, 5.74) is 0. The highest BCUT2D eigenvalue weighted by molar-refractivity contribution is 4.83. The minimum atomic E-state index is 0.742. The molecule has 2 rings (SSSR count). The van der Waals surface area contributed by atoms with E-state index in [4.69, 9.17) is 4.74 Å². The summed E-state index contributed by atoms with van der Waals surface area (Å²) in [4.78, 5) is 2.61. The zero-order chi connectivity index (χ0) is 12.1. The van der Waals surface area contributed by atoms with Crippen molar-refractivity contribution < 1.29 is 4.74 Å². The van der Waals surface area contributed by atoms with Crippen molar-refractivity contribution >= 4 is 0 Å². The van der Waals surface area contributed by atoms with Crippen LogP contribution in [0.4, 0.5) is 0 Å².